The molecule has 2 amide bonds. The summed E-state index contributed by atoms with van der Waals surface area (Å²) >= 11 is 0. The largest absolute Gasteiger partial charge is 0.481 e. The molecule has 0 fully saturated rings. The molecule has 3 rings (SSSR count). The maximum atomic E-state index is 12.1. The molecule has 0 spiro atoms. The quantitative estimate of drug-likeness (QED) is 0.604. The number of hydrogen-bond acceptors (Lipinski definition) is 4. The van der Waals surface area contributed by atoms with Crippen molar-refractivity contribution in [2.75, 3.05) is 5.32 Å². The Morgan fingerprint density at radius 1 is 1.11 bits per heavy atom. The third kappa shape index (κ3) is 4.84. The number of hydrogen-bond donors (Lipinski definition) is 3. The van der Waals surface area contributed by atoms with Gasteiger partial charge in [-0.2, -0.15) is 0 Å². The van der Waals surface area contributed by atoms with Crippen molar-refractivity contribution in [3.8, 4) is 11.5 Å². The number of carboxylic acids is 1. The third-order valence-corrected chi connectivity index (χ3v) is 4.10. The number of rotatable bonds is 6. The smallest absolute Gasteiger partial charge is 0.319 e. The maximum Gasteiger partial charge on any atom is 0.319 e. The minimum atomic E-state index is -0.889. The van der Waals surface area contributed by atoms with E-state index in [0.717, 1.165) is 16.7 Å². The monoisotopic (exact) mass is 367 g/mol. The van der Waals surface area contributed by atoms with Crippen molar-refractivity contribution >= 4 is 28.8 Å². The molecule has 27 heavy (non-hydrogen) atoms. The van der Waals surface area contributed by atoms with Gasteiger partial charge in [0.15, 0.2) is 5.58 Å². The molecule has 7 heteroatoms. The molecular weight excluding hydrogens is 346 g/mol. The van der Waals surface area contributed by atoms with Crippen LogP contribution in [0.4, 0.5) is 10.5 Å². The van der Waals surface area contributed by atoms with Crippen LogP contribution in [0.5, 0.6) is 0 Å². The zero-order valence-corrected chi connectivity index (χ0v) is 15.2. The van der Waals surface area contributed by atoms with Crippen LogP contribution in [0.15, 0.2) is 52.9 Å². The Bertz CT molecular complexity index is 928. The summed E-state index contributed by atoms with van der Waals surface area (Å²) in [6, 6.07) is 14.3. The van der Waals surface area contributed by atoms with E-state index in [0.29, 0.717) is 18.0 Å². The van der Waals surface area contributed by atoms with Crippen LogP contribution in [-0.4, -0.2) is 27.6 Å². The minimum Gasteiger partial charge on any atom is -0.481 e. The number of nitrogens with zero attached hydrogens (tertiary/aromatic N) is 1. The van der Waals surface area contributed by atoms with E-state index in [1.165, 1.54) is 0 Å². The van der Waals surface area contributed by atoms with E-state index in [2.05, 4.69) is 15.6 Å². The highest BCUT2D eigenvalue weighted by Gasteiger charge is 2.21. The number of aliphatic carboxylic acids is 1. The fourth-order valence-electron chi connectivity index (χ4n) is 2.64. The van der Waals surface area contributed by atoms with Gasteiger partial charge in [0.25, 0.3) is 0 Å². The highest BCUT2D eigenvalue weighted by Crippen LogP contribution is 2.25. The minimum absolute atomic E-state index is 0.00746. The van der Waals surface area contributed by atoms with Crippen molar-refractivity contribution in [1.82, 2.24) is 10.3 Å². The Labute approximate surface area is 156 Å². The van der Waals surface area contributed by atoms with E-state index < -0.39 is 11.5 Å². The Kier molecular flexibility index (Phi) is 5.12. The van der Waals surface area contributed by atoms with Crippen LogP contribution in [0.3, 0.4) is 0 Å². The highest BCUT2D eigenvalue weighted by atomic mass is 16.4. The highest BCUT2D eigenvalue weighted by molar-refractivity contribution is 5.90. The molecule has 0 aliphatic rings. The molecule has 0 aliphatic carbocycles. The molecular formula is C20H21N3O4. The average molecular weight is 367 g/mol. The molecule has 1 aromatic heterocycles. The van der Waals surface area contributed by atoms with Crippen molar-refractivity contribution in [3.63, 3.8) is 0 Å². The van der Waals surface area contributed by atoms with Crippen LogP contribution in [0.25, 0.3) is 22.6 Å². The second-order valence-electron chi connectivity index (χ2n) is 6.92. The first-order chi connectivity index (χ1) is 12.8. The Balaban J connectivity index is 1.63. The first-order valence-electron chi connectivity index (χ1n) is 8.59. The van der Waals surface area contributed by atoms with E-state index >= 15 is 0 Å². The van der Waals surface area contributed by atoms with E-state index in [4.69, 9.17) is 9.52 Å². The van der Waals surface area contributed by atoms with Gasteiger partial charge in [-0.3, -0.25) is 4.79 Å². The van der Waals surface area contributed by atoms with E-state index in [9.17, 15) is 9.59 Å². The Hall–Kier alpha value is -3.35. The van der Waals surface area contributed by atoms with Crippen LogP contribution >= 0.6 is 0 Å². The average Bonchev–Trinajstić information content (AvgIpc) is 3.04. The predicted molar refractivity (Wildman–Crippen MR) is 103 cm³/mol. The van der Waals surface area contributed by atoms with Crippen molar-refractivity contribution in [3.05, 3.63) is 48.5 Å². The van der Waals surface area contributed by atoms with Gasteiger partial charge in [0.2, 0.25) is 5.89 Å². The first kappa shape index (κ1) is 18.4. The van der Waals surface area contributed by atoms with Crippen LogP contribution < -0.4 is 10.6 Å². The lowest BCUT2D eigenvalue weighted by atomic mass is 9.99. The number of carbonyl (C=O) groups is 2. The van der Waals surface area contributed by atoms with Crippen LogP contribution in [0.1, 0.15) is 26.7 Å². The second-order valence-corrected chi connectivity index (χ2v) is 6.92. The van der Waals surface area contributed by atoms with Gasteiger partial charge in [-0.05, 0) is 56.7 Å². The van der Waals surface area contributed by atoms with E-state index in [1.807, 2.05) is 36.4 Å². The van der Waals surface area contributed by atoms with E-state index in [-0.39, 0.29) is 12.5 Å². The van der Waals surface area contributed by atoms with Crippen LogP contribution in [0.2, 0.25) is 0 Å². The van der Waals surface area contributed by atoms with Gasteiger partial charge in [-0.1, -0.05) is 12.1 Å². The summed E-state index contributed by atoms with van der Waals surface area (Å²) in [4.78, 5) is 27.3. The molecule has 0 radical (unpaired) electrons. The fraction of sp³-hybridized carbons (Fsp3) is 0.250. The van der Waals surface area contributed by atoms with Gasteiger partial charge in [0.05, 0.1) is 0 Å². The Morgan fingerprint density at radius 3 is 2.48 bits per heavy atom. The summed E-state index contributed by atoms with van der Waals surface area (Å²) in [5.74, 6) is -0.373. The van der Waals surface area contributed by atoms with Crippen LogP contribution in [-0.2, 0) is 4.79 Å². The van der Waals surface area contributed by atoms with Gasteiger partial charge in [-0.25, -0.2) is 9.78 Å². The fourth-order valence-corrected chi connectivity index (χ4v) is 2.64. The molecule has 1 heterocycles. The molecule has 7 nitrogen and oxygen atoms in total. The summed E-state index contributed by atoms with van der Waals surface area (Å²) < 4.78 is 5.73. The van der Waals surface area contributed by atoms with E-state index in [1.54, 1.807) is 26.0 Å². The molecule has 2 aromatic carbocycles. The number of oxazole rings is 1. The number of nitrogens with one attached hydrogen (secondary N) is 2. The van der Waals surface area contributed by atoms with Gasteiger partial charge >= 0.3 is 12.0 Å². The molecule has 140 valence electrons. The zero-order valence-electron chi connectivity index (χ0n) is 15.2. The number of urea groups is 1. The van der Waals surface area contributed by atoms with Crippen LogP contribution in [0, 0.1) is 0 Å². The molecule has 0 aliphatic heterocycles. The van der Waals surface area contributed by atoms with Gasteiger partial charge in [0, 0.05) is 23.2 Å². The molecule has 3 aromatic rings. The third-order valence-electron chi connectivity index (χ3n) is 4.10. The van der Waals surface area contributed by atoms with Crippen molar-refractivity contribution < 1.29 is 19.1 Å². The summed E-state index contributed by atoms with van der Waals surface area (Å²) in [5.41, 5.74) is 2.30. The number of aromatic nitrogens is 1. The topological polar surface area (TPSA) is 104 Å². The predicted octanol–water partition coefficient (Wildman–Crippen LogP) is 4.26. The molecule has 0 bridgehead atoms. The summed E-state index contributed by atoms with van der Waals surface area (Å²) in [6.45, 7) is 3.57. The van der Waals surface area contributed by atoms with Crippen molar-refractivity contribution in [1.29, 1.82) is 0 Å². The van der Waals surface area contributed by atoms with Crippen molar-refractivity contribution in [2.45, 2.75) is 32.2 Å². The normalized spacial score (nSPS) is 11.3. The number of carboxylic acid groups (broad SMARTS) is 1. The number of anilines is 1. The number of benzene rings is 2. The lowest BCUT2D eigenvalue weighted by Gasteiger charge is -2.25. The first-order valence-corrected chi connectivity index (χ1v) is 8.59. The SMILES string of the molecule is CC(C)(CCC(=O)O)NC(=O)Nc1ccc(-c2nc3ccccc3o2)cc1. The standard InChI is InChI=1S/C20H21N3O4/c1-20(2,12-11-17(24)25)23-19(26)21-14-9-7-13(8-10-14)18-22-15-5-3-4-6-16(15)27-18/h3-10H,11-12H2,1-2H3,(H,24,25)(H2,21,23,26). The summed E-state index contributed by atoms with van der Waals surface area (Å²) in [7, 11) is 0. The lowest BCUT2D eigenvalue weighted by Crippen LogP contribution is -2.45. The Morgan fingerprint density at radius 2 is 1.81 bits per heavy atom. The number of amides is 2. The molecule has 0 atom stereocenters. The lowest BCUT2D eigenvalue weighted by molar-refractivity contribution is -0.137. The molecule has 3 N–H and O–H groups in total. The van der Waals surface area contributed by atoms with Crippen molar-refractivity contribution in [2.24, 2.45) is 0 Å². The molecule has 0 saturated carbocycles. The van der Waals surface area contributed by atoms with Gasteiger partial charge in [0.1, 0.15) is 5.52 Å². The number of fused-ring (bicyclic) bond motifs is 1. The number of carbonyl (C=O) groups excluding carboxylic acids is 1. The second kappa shape index (κ2) is 7.49. The maximum absolute atomic E-state index is 12.1. The van der Waals surface area contributed by atoms with Gasteiger partial charge < -0.3 is 20.2 Å². The zero-order chi connectivity index (χ0) is 19.4. The molecule has 0 saturated heterocycles. The number of para-hydroxylation sites is 2. The molecule has 0 unspecified atom stereocenters. The summed E-state index contributed by atoms with van der Waals surface area (Å²) in [6.07, 6.45) is 0.332. The van der Waals surface area contributed by atoms with Gasteiger partial charge in [-0.15, -0.1) is 0 Å². The summed E-state index contributed by atoms with van der Waals surface area (Å²) in [5, 5.41) is 14.3.